The molecule has 1 aliphatic rings. The highest BCUT2D eigenvalue weighted by atomic mass is 35.5. The molecule has 27 heavy (non-hydrogen) atoms. The van der Waals surface area contributed by atoms with Crippen LogP contribution in [-0.2, 0) is 13.2 Å². The van der Waals surface area contributed by atoms with Crippen LogP contribution in [0.1, 0.15) is 6.92 Å². The van der Waals surface area contributed by atoms with E-state index in [9.17, 15) is 0 Å². The second-order valence-electron chi connectivity index (χ2n) is 6.53. The van der Waals surface area contributed by atoms with E-state index in [1.807, 2.05) is 39.6 Å². The molecular formula is C19H22ClN5OS. The Balaban J connectivity index is 1.47. The number of anilines is 1. The zero-order valence-corrected chi connectivity index (χ0v) is 16.8. The number of furan rings is 1. The van der Waals surface area contributed by atoms with Gasteiger partial charge in [0.2, 0.25) is 0 Å². The number of hydrogen-bond acceptors (Lipinski definition) is 5. The van der Waals surface area contributed by atoms with E-state index in [1.165, 1.54) is 0 Å². The highest BCUT2D eigenvalue weighted by molar-refractivity contribution is 7.71. The standard InChI is InChI=1S/C19H22ClN5OS/c1-2-24-18(17-8-5-13-26-17)21-25(19(24)27)14-22-9-11-23(12-10-22)16-7-4-3-6-15(16)20/h3-8,13H,2,9-12,14H2,1H3. The predicted octanol–water partition coefficient (Wildman–Crippen LogP) is 4.13. The Hall–Kier alpha value is -2.09. The summed E-state index contributed by atoms with van der Waals surface area (Å²) in [5, 5.41) is 5.52. The molecule has 0 aliphatic carbocycles. The average molecular weight is 404 g/mol. The van der Waals surface area contributed by atoms with Crippen LogP contribution in [0.25, 0.3) is 11.6 Å². The van der Waals surface area contributed by atoms with Gasteiger partial charge in [-0.05, 0) is 43.4 Å². The van der Waals surface area contributed by atoms with Gasteiger partial charge in [0, 0.05) is 32.7 Å². The molecule has 142 valence electrons. The molecule has 0 unspecified atom stereocenters. The molecule has 0 N–H and O–H groups in total. The Kier molecular flexibility index (Phi) is 5.33. The normalized spacial score (nSPS) is 15.4. The Morgan fingerprint density at radius 2 is 1.89 bits per heavy atom. The number of rotatable bonds is 5. The van der Waals surface area contributed by atoms with Crippen molar-refractivity contribution in [2.24, 2.45) is 0 Å². The maximum Gasteiger partial charge on any atom is 0.199 e. The van der Waals surface area contributed by atoms with Crippen molar-refractivity contribution in [3.8, 4) is 11.6 Å². The minimum absolute atomic E-state index is 0.676. The van der Waals surface area contributed by atoms with E-state index in [2.05, 4.69) is 22.8 Å². The Bertz CT molecular complexity index is 957. The summed E-state index contributed by atoms with van der Waals surface area (Å²) < 4.78 is 10.1. The summed E-state index contributed by atoms with van der Waals surface area (Å²) >= 11 is 12.0. The van der Waals surface area contributed by atoms with E-state index >= 15 is 0 Å². The van der Waals surface area contributed by atoms with Gasteiger partial charge in [-0.3, -0.25) is 9.47 Å². The van der Waals surface area contributed by atoms with Crippen LogP contribution < -0.4 is 4.90 Å². The van der Waals surface area contributed by atoms with Crippen molar-refractivity contribution < 1.29 is 4.42 Å². The summed E-state index contributed by atoms with van der Waals surface area (Å²) in [7, 11) is 0. The first-order valence-electron chi connectivity index (χ1n) is 9.10. The third-order valence-electron chi connectivity index (χ3n) is 4.88. The maximum absolute atomic E-state index is 6.33. The number of piperazine rings is 1. The van der Waals surface area contributed by atoms with Crippen LogP contribution in [0.15, 0.2) is 47.1 Å². The lowest BCUT2D eigenvalue weighted by molar-refractivity contribution is 0.194. The van der Waals surface area contributed by atoms with Gasteiger partial charge in [-0.2, -0.15) is 0 Å². The van der Waals surface area contributed by atoms with Crippen LogP contribution in [0.4, 0.5) is 5.69 Å². The van der Waals surface area contributed by atoms with Gasteiger partial charge in [-0.15, -0.1) is 5.10 Å². The summed E-state index contributed by atoms with van der Waals surface area (Å²) in [5.74, 6) is 1.52. The molecule has 1 fully saturated rings. The number of benzene rings is 1. The molecule has 0 saturated carbocycles. The zero-order valence-electron chi connectivity index (χ0n) is 15.2. The molecule has 8 heteroatoms. The first kappa shape index (κ1) is 18.3. The summed E-state index contributed by atoms with van der Waals surface area (Å²) in [4.78, 5) is 4.69. The summed E-state index contributed by atoms with van der Waals surface area (Å²) in [5.41, 5.74) is 1.10. The average Bonchev–Trinajstić information content (AvgIpc) is 3.31. The first-order valence-corrected chi connectivity index (χ1v) is 9.89. The molecule has 0 radical (unpaired) electrons. The first-order chi connectivity index (χ1) is 13.2. The van der Waals surface area contributed by atoms with E-state index in [1.54, 1.807) is 6.26 Å². The van der Waals surface area contributed by atoms with Crippen molar-refractivity contribution in [1.29, 1.82) is 0 Å². The smallest absolute Gasteiger partial charge is 0.199 e. The SMILES string of the molecule is CCn1c(-c2ccco2)nn(CN2CCN(c3ccccc3Cl)CC2)c1=S. The van der Waals surface area contributed by atoms with Crippen molar-refractivity contribution in [2.45, 2.75) is 20.1 Å². The summed E-state index contributed by atoms with van der Waals surface area (Å²) in [6.07, 6.45) is 1.66. The third kappa shape index (κ3) is 3.67. The molecule has 0 amide bonds. The molecule has 2 aromatic heterocycles. The van der Waals surface area contributed by atoms with Crippen molar-refractivity contribution in [3.63, 3.8) is 0 Å². The van der Waals surface area contributed by atoms with E-state index in [4.69, 9.17) is 33.3 Å². The van der Waals surface area contributed by atoms with Crippen LogP contribution in [0.5, 0.6) is 0 Å². The Morgan fingerprint density at radius 3 is 2.56 bits per heavy atom. The van der Waals surface area contributed by atoms with E-state index in [0.717, 1.165) is 59.8 Å². The Morgan fingerprint density at radius 1 is 1.11 bits per heavy atom. The number of para-hydroxylation sites is 1. The fraction of sp³-hybridized carbons (Fsp3) is 0.368. The van der Waals surface area contributed by atoms with Gasteiger partial charge < -0.3 is 9.32 Å². The molecular weight excluding hydrogens is 382 g/mol. The number of aromatic nitrogens is 3. The Labute approximate surface area is 168 Å². The van der Waals surface area contributed by atoms with Gasteiger partial charge in [0.15, 0.2) is 16.4 Å². The van der Waals surface area contributed by atoms with E-state index in [0.29, 0.717) is 6.67 Å². The quantitative estimate of drug-likeness (QED) is 0.599. The van der Waals surface area contributed by atoms with Gasteiger partial charge in [0.05, 0.1) is 23.6 Å². The van der Waals surface area contributed by atoms with Crippen LogP contribution in [0.2, 0.25) is 5.02 Å². The molecule has 0 atom stereocenters. The number of halogens is 1. The van der Waals surface area contributed by atoms with Crippen LogP contribution in [0.3, 0.4) is 0 Å². The fourth-order valence-corrected chi connectivity index (χ4v) is 4.00. The second-order valence-corrected chi connectivity index (χ2v) is 7.30. The topological polar surface area (TPSA) is 42.4 Å². The monoisotopic (exact) mass is 403 g/mol. The molecule has 3 aromatic rings. The van der Waals surface area contributed by atoms with E-state index in [-0.39, 0.29) is 0 Å². The maximum atomic E-state index is 6.33. The van der Waals surface area contributed by atoms with Crippen LogP contribution >= 0.6 is 23.8 Å². The van der Waals surface area contributed by atoms with Gasteiger partial charge in [-0.25, -0.2) is 4.68 Å². The van der Waals surface area contributed by atoms with Crippen LogP contribution in [-0.4, -0.2) is 45.4 Å². The minimum atomic E-state index is 0.676. The highest BCUT2D eigenvalue weighted by Crippen LogP contribution is 2.26. The molecule has 0 spiro atoms. The molecule has 3 heterocycles. The van der Waals surface area contributed by atoms with Gasteiger partial charge in [-0.1, -0.05) is 23.7 Å². The highest BCUT2D eigenvalue weighted by Gasteiger charge is 2.21. The van der Waals surface area contributed by atoms with Gasteiger partial charge in [0.1, 0.15) is 0 Å². The van der Waals surface area contributed by atoms with Crippen molar-refractivity contribution >= 4 is 29.5 Å². The summed E-state index contributed by atoms with van der Waals surface area (Å²) in [6.45, 7) is 7.22. The molecule has 6 nitrogen and oxygen atoms in total. The number of nitrogens with zero attached hydrogens (tertiary/aromatic N) is 5. The van der Waals surface area contributed by atoms with Gasteiger partial charge in [0.25, 0.3) is 0 Å². The largest absolute Gasteiger partial charge is 0.461 e. The van der Waals surface area contributed by atoms with Crippen molar-refractivity contribution in [1.82, 2.24) is 19.2 Å². The second kappa shape index (κ2) is 7.88. The molecule has 1 saturated heterocycles. The zero-order chi connectivity index (χ0) is 18.8. The van der Waals surface area contributed by atoms with E-state index < -0.39 is 0 Å². The molecule has 1 aromatic carbocycles. The summed E-state index contributed by atoms with van der Waals surface area (Å²) in [6, 6.07) is 11.8. The lowest BCUT2D eigenvalue weighted by Crippen LogP contribution is -2.47. The molecule has 0 bridgehead atoms. The van der Waals surface area contributed by atoms with Crippen molar-refractivity contribution in [2.75, 3.05) is 31.1 Å². The van der Waals surface area contributed by atoms with Gasteiger partial charge >= 0.3 is 0 Å². The molecule has 4 rings (SSSR count). The van der Waals surface area contributed by atoms with Crippen molar-refractivity contribution in [3.05, 3.63) is 52.5 Å². The third-order valence-corrected chi connectivity index (χ3v) is 5.63. The number of hydrogen-bond donors (Lipinski definition) is 0. The predicted molar refractivity (Wildman–Crippen MR) is 110 cm³/mol. The molecule has 1 aliphatic heterocycles. The minimum Gasteiger partial charge on any atom is -0.461 e. The lowest BCUT2D eigenvalue weighted by Gasteiger charge is -2.36. The lowest BCUT2D eigenvalue weighted by atomic mass is 10.2. The fourth-order valence-electron chi connectivity index (χ4n) is 3.43. The van der Waals surface area contributed by atoms with Crippen LogP contribution in [0, 0.1) is 4.77 Å².